The number of aromatic nitrogens is 1. The number of nitrogens with zero attached hydrogens (tertiary/aromatic N) is 4. The number of ether oxygens (including phenoxy) is 1. The predicted octanol–water partition coefficient (Wildman–Crippen LogP) is 4.24. The van der Waals surface area contributed by atoms with Gasteiger partial charge in [0.25, 0.3) is 11.8 Å². The first-order valence-corrected chi connectivity index (χ1v) is 12.6. The van der Waals surface area contributed by atoms with Gasteiger partial charge in [0.05, 0.1) is 23.4 Å². The fourth-order valence-corrected chi connectivity index (χ4v) is 4.96. The fraction of sp³-hybridized carbons (Fsp3) is 0.538. The average Bonchev–Trinajstić information content (AvgIpc) is 3.30. The van der Waals surface area contributed by atoms with Crippen LogP contribution in [0.1, 0.15) is 69.3 Å². The van der Waals surface area contributed by atoms with Crippen LogP contribution in [0, 0.1) is 13.8 Å². The number of halogens is 3. The van der Waals surface area contributed by atoms with Crippen LogP contribution in [0.4, 0.5) is 18.0 Å². The topological polar surface area (TPSA) is 96.2 Å². The standard InChI is InChI=1S/C26H31F3N4O5/c1-4-37-25(36)33-13-11-32(12-14-33)23(34)19-6-5-16(2)30-21(19)18-7-9-31(10-8-18)24(35)20-15-17(3)38-22(20)26(27,28)29/h5-6,15,18H,4,7-14H2,1-3H3. The quantitative estimate of drug-likeness (QED) is 0.580. The van der Waals surface area contributed by atoms with E-state index < -0.39 is 29.5 Å². The summed E-state index contributed by atoms with van der Waals surface area (Å²) in [4.78, 5) is 47.6. The van der Waals surface area contributed by atoms with Gasteiger partial charge in [-0.3, -0.25) is 14.6 Å². The van der Waals surface area contributed by atoms with Gasteiger partial charge in [0.2, 0.25) is 5.76 Å². The lowest BCUT2D eigenvalue weighted by Gasteiger charge is -2.35. The first-order chi connectivity index (χ1) is 18.0. The molecule has 4 heterocycles. The van der Waals surface area contributed by atoms with Crippen LogP contribution in [0.15, 0.2) is 22.6 Å². The van der Waals surface area contributed by atoms with E-state index in [4.69, 9.17) is 9.15 Å². The van der Waals surface area contributed by atoms with Gasteiger partial charge in [-0.05, 0) is 51.8 Å². The summed E-state index contributed by atoms with van der Waals surface area (Å²) in [6.07, 6.45) is -4.25. The number of piperazine rings is 1. The molecule has 2 saturated heterocycles. The summed E-state index contributed by atoms with van der Waals surface area (Å²) in [6, 6.07) is 4.64. The van der Waals surface area contributed by atoms with E-state index in [1.807, 2.05) is 6.92 Å². The summed E-state index contributed by atoms with van der Waals surface area (Å²) >= 11 is 0. The molecule has 0 aromatic carbocycles. The molecule has 0 N–H and O–H groups in total. The Bertz CT molecular complexity index is 1200. The molecule has 2 aromatic rings. The van der Waals surface area contributed by atoms with Gasteiger partial charge in [-0.2, -0.15) is 13.2 Å². The molecule has 0 bridgehead atoms. The molecule has 0 unspecified atom stereocenters. The zero-order valence-corrected chi connectivity index (χ0v) is 21.6. The molecule has 0 spiro atoms. The highest BCUT2D eigenvalue weighted by Crippen LogP contribution is 2.36. The smallest absolute Gasteiger partial charge is 0.450 e. The van der Waals surface area contributed by atoms with Crippen LogP contribution >= 0.6 is 0 Å². The molecule has 3 amide bonds. The molecule has 0 aliphatic carbocycles. The van der Waals surface area contributed by atoms with E-state index >= 15 is 0 Å². The zero-order valence-electron chi connectivity index (χ0n) is 21.6. The minimum absolute atomic E-state index is 0.0192. The summed E-state index contributed by atoms with van der Waals surface area (Å²) < 4.78 is 49.8. The molecule has 0 atom stereocenters. The lowest BCUT2D eigenvalue weighted by atomic mass is 9.89. The van der Waals surface area contributed by atoms with Gasteiger partial charge in [0.1, 0.15) is 5.76 Å². The summed E-state index contributed by atoms with van der Waals surface area (Å²) in [7, 11) is 0. The third-order valence-corrected chi connectivity index (χ3v) is 6.90. The molecule has 9 nitrogen and oxygen atoms in total. The summed E-state index contributed by atoms with van der Waals surface area (Å²) in [6.45, 7) is 7.14. The third-order valence-electron chi connectivity index (χ3n) is 6.90. The van der Waals surface area contributed by atoms with Crippen LogP contribution in [0.5, 0.6) is 0 Å². The number of carbonyl (C=O) groups is 3. The van der Waals surface area contributed by atoms with Crippen molar-refractivity contribution in [2.24, 2.45) is 0 Å². The van der Waals surface area contributed by atoms with E-state index in [0.29, 0.717) is 50.3 Å². The number of hydrogen-bond donors (Lipinski definition) is 0. The van der Waals surface area contributed by atoms with Gasteiger partial charge in [-0.1, -0.05) is 0 Å². The summed E-state index contributed by atoms with van der Waals surface area (Å²) in [5.74, 6) is -2.30. The number of alkyl halides is 3. The lowest BCUT2D eigenvalue weighted by Crippen LogP contribution is -2.51. The SMILES string of the molecule is CCOC(=O)N1CCN(C(=O)c2ccc(C)nc2C2CCN(C(=O)c3cc(C)oc3C(F)(F)F)CC2)CC1. The maximum Gasteiger partial charge on any atom is 0.450 e. The second kappa shape index (κ2) is 11.0. The van der Waals surface area contributed by atoms with Crippen molar-refractivity contribution >= 4 is 17.9 Å². The number of hydrogen-bond acceptors (Lipinski definition) is 6. The van der Waals surface area contributed by atoms with E-state index in [1.165, 1.54) is 11.8 Å². The summed E-state index contributed by atoms with van der Waals surface area (Å²) in [5, 5.41) is 0. The zero-order chi connectivity index (χ0) is 27.6. The van der Waals surface area contributed by atoms with Crippen LogP contribution in [0.25, 0.3) is 0 Å². The Morgan fingerprint density at radius 3 is 2.13 bits per heavy atom. The number of furan rings is 1. The van der Waals surface area contributed by atoms with Crippen molar-refractivity contribution in [3.8, 4) is 0 Å². The van der Waals surface area contributed by atoms with Gasteiger partial charge in [0.15, 0.2) is 0 Å². The van der Waals surface area contributed by atoms with Crippen LogP contribution < -0.4 is 0 Å². The number of likely N-dealkylation sites (tertiary alicyclic amines) is 1. The van der Waals surface area contributed by atoms with E-state index in [2.05, 4.69) is 4.98 Å². The fourth-order valence-electron chi connectivity index (χ4n) is 4.96. The maximum absolute atomic E-state index is 13.4. The first-order valence-electron chi connectivity index (χ1n) is 12.6. The Morgan fingerprint density at radius 1 is 0.947 bits per heavy atom. The molecule has 38 heavy (non-hydrogen) atoms. The lowest BCUT2D eigenvalue weighted by molar-refractivity contribution is -0.153. The molecule has 2 aromatic heterocycles. The van der Waals surface area contributed by atoms with Crippen molar-refractivity contribution in [1.82, 2.24) is 19.7 Å². The molecule has 12 heteroatoms. The Hall–Kier alpha value is -3.57. The predicted molar refractivity (Wildman–Crippen MR) is 130 cm³/mol. The second-order valence-electron chi connectivity index (χ2n) is 9.53. The Morgan fingerprint density at radius 2 is 1.53 bits per heavy atom. The van der Waals surface area contributed by atoms with E-state index in [1.54, 1.807) is 28.9 Å². The Balaban J connectivity index is 1.45. The van der Waals surface area contributed by atoms with E-state index in [0.717, 1.165) is 11.8 Å². The number of amides is 3. The average molecular weight is 537 g/mol. The molecule has 2 aliphatic heterocycles. The van der Waals surface area contributed by atoms with Crippen molar-refractivity contribution in [2.75, 3.05) is 45.9 Å². The Kier molecular flexibility index (Phi) is 7.98. The van der Waals surface area contributed by atoms with Crippen molar-refractivity contribution in [1.29, 1.82) is 0 Å². The number of rotatable bonds is 4. The molecular weight excluding hydrogens is 505 g/mol. The van der Waals surface area contributed by atoms with E-state index in [9.17, 15) is 27.6 Å². The highest BCUT2D eigenvalue weighted by atomic mass is 19.4. The van der Waals surface area contributed by atoms with Gasteiger partial charge >= 0.3 is 12.3 Å². The van der Waals surface area contributed by atoms with E-state index in [-0.39, 0.29) is 37.3 Å². The largest absolute Gasteiger partial charge is 0.456 e. The van der Waals surface area contributed by atoms with Crippen molar-refractivity contribution in [2.45, 2.75) is 45.7 Å². The highest BCUT2D eigenvalue weighted by Gasteiger charge is 2.41. The van der Waals surface area contributed by atoms with Gasteiger partial charge in [-0.25, -0.2) is 4.79 Å². The van der Waals surface area contributed by atoms with Gasteiger partial charge in [0, 0.05) is 50.9 Å². The normalized spacial score (nSPS) is 17.1. The maximum atomic E-state index is 13.4. The molecule has 206 valence electrons. The highest BCUT2D eigenvalue weighted by molar-refractivity contribution is 5.96. The van der Waals surface area contributed by atoms with Crippen LogP contribution in [0.2, 0.25) is 0 Å². The van der Waals surface area contributed by atoms with Crippen LogP contribution in [-0.4, -0.2) is 83.5 Å². The number of pyridine rings is 1. The van der Waals surface area contributed by atoms with Gasteiger partial charge in [-0.15, -0.1) is 0 Å². The molecule has 0 radical (unpaired) electrons. The van der Waals surface area contributed by atoms with Crippen molar-refractivity contribution in [3.05, 3.63) is 52.2 Å². The van der Waals surface area contributed by atoms with Crippen LogP contribution in [0.3, 0.4) is 0 Å². The first kappa shape index (κ1) is 27.5. The number of carbonyl (C=O) groups excluding carboxylic acids is 3. The molecule has 2 fully saturated rings. The third kappa shape index (κ3) is 5.78. The van der Waals surface area contributed by atoms with Crippen molar-refractivity contribution in [3.63, 3.8) is 0 Å². The minimum Gasteiger partial charge on any atom is -0.456 e. The van der Waals surface area contributed by atoms with Crippen molar-refractivity contribution < 1.29 is 36.7 Å². The molecule has 0 saturated carbocycles. The van der Waals surface area contributed by atoms with Crippen LogP contribution in [-0.2, 0) is 10.9 Å². The number of aryl methyl sites for hydroxylation is 2. The monoisotopic (exact) mass is 536 g/mol. The molecule has 4 rings (SSSR count). The second-order valence-corrected chi connectivity index (χ2v) is 9.53. The molecular formula is C26H31F3N4O5. The number of piperidine rings is 1. The minimum atomic E-state index is -4.76. The van der Waals surface area contributed by atoms with Gasteiger partial charge < -0.3 is 23.9 Å². The Labute approximate surface area is 218 Å². The summed E-state index contributed by atoms with van der Waals surface area (Å²) in [5.41, 5.74) is 1.35. The molecule has 2 aliphatic rings.